The van der Waals surface area contributed by atoms with Crippen molar-refractivity contribution in [3.8, 4) is 0 Å². The number of carbonyl (C=O) groups excluding carboxylic acids is 2. The molecule has 0 unspecified atom stereocenters. The molecule has 0 fully saturated rings. The zero-order valence-corrected chi connectivity index (χ0v) is 15.3. The number of nitrogens with one attached hydrogen (secondary N) is 1. The van der Waals surface area contributed by atoms with Gasteiger partial charge in [-0.1, -0.05) is 45.0 Å². The summed E-state index contributed by atoms with van der Waals surface area (Å²) in [5.41, 5.74) is -0.00167. The minimum atomic E-state index is -1.37. The number of fused-ring (bicyclic) bond motifs is 1. The first-order valence-corrected chi connectivity index (χ1v) is 8.57. The largest absolute Gasteiger partial charge is 0.548 e. The third-order valence-electron chi connectivity index (χ3n) is 4.10. The van der Waals surface area contributed by atoms with Crippen molar-refractivity contribution in [2.75, 3.05) is 0 Å². The van der Waals surface area contributed by atoms with Gasteiger partial charge in [0.05, 0.1) is 17.4 Å². The fourth-order valence-electron chi connectivity index (χ4n) is 2.72. The Bertz CT molecular complexity index is 860. The summed E-state index contributed by atoms with van der Waals surface area (Å²) in [6.07, 6.45) is 0.316. The molecule has 26 heavy (non-hydrogen) atoms. The molecule has 0 saturated carbocycles. The van der Waals surface area contributed by atoms with E-state index in [4.69, 9.17) is 0 Å². The van der Waals surface area contributed by atoms with Gasteiger partial charge < -0.3 is 15.2 Å². The van der Waals surface area contributed by atoms with Crippen LogP contribution in [0.3, 0.4) is 0 Å². The van der Waals surface area contributed by atoms with Crippen LogP contribution in [-0.2, 0) is 9.59 Å². The van der Waals surface area contributed by atoms with Crippen molar-refractivity contribution in [1.82, 2.24) is 20.3 Å². The number of amides is 1. The number of carbonyl (C=O) groups is 2. The molecule has 2 atom stereocenters. The van der Waals surface area contributed by atoms with Gasteiger partial charge in [0, 0.05) is 0 Å². The number of hydrogen-bond donors (Lipinski definition) is 1. The van der Waals surface area contributed by atoms with Crippen molar-refractivity contribution >= 4 is 22.8 Å². The molecule has 0 bridgehead atoms. The van der Waals surface area contributed by atoms with E-state index in [1.807, 2.05) is 13.8 Å². The van der Waals surface area contributed by atoms with Crippen LogP contribution in [0, 0.1) is 11.8 Å². The Morgan fingerprint density at radius 2 is 1.85 bits per heavy atom. The Morgan fingerprint density at radius 3 is 2.42 bits per heavy atom. The molecule has 0 aliphatic carbocycles. The van der Waals surface area contributed by atoms with Gasteiger partial charge in [0.2, 0.25) is 5.91 Å². The van der Waals surface area contributed by atoms with Crippen LogP contribution in [0.4, 0.5) is 0 Å². The molecule has 1 aromatic heterocycles. The van der Waals surface area contributed by atoms with Gasteiger partial charge >= 0.3 is 0 Å². The Kier molecular flexibility index (Phi) is 6.07. The quantitative estimate of drug-likeness (QED) is 0.758. The topological polar surface area (TPSA) is 117 Å². The zero-order chi connectivity index (χ0) is 19.4. The van der Waals surface area contributed by atoms with Crippen molar-refractivity contribution in [3.05, 3.63) is 34.6 Å². The molecule has 140 valence electrons. The van der Waals surface area contributed by atoms with E-state index in [9.17, 15) is 19.5 Å². The van der Waals surface area contributed by atoms with Crippen molar-refractivity contribution in [2.45, 2.75) is 46.2 Å². The van der Waals surface area contributed by atoms with Gasteiger partial charge in [-0.2, -0.15) is 4.68 Å². The lowest BCUT2D eigenvalue weighted by atomic mass is 10.0. The zero-order valence-electron chi connectivity index (χ0n) is 15.3. The third-order valence-corrected chi connectivity index (χ3v) is 4.10. The molecule has 0 aliphatic heterocycles. The fraction of sp³-hybridized carbons (Fsp3) is 0.500. The van der Waals surface area contributed by atoms with Gasteiger partial charge in [0.15, 0.2) is 0 Å². The van der Waals surface area contributed by atoms with Crippen molar-refractivity contribution in [2.24, 2.45) is 11.8 Å². The highest BCUT2D eigenvalue weighted by atomic mass is 16.4. The van der Waals surface area contributed by atoms with Crippen LogP contribution in [0.2, 0.25) is 0 Å². The first kappa shape index (κ1) is 19.6. The lowest BCUT2D eigenvalue weighted by Crippen LogP contribution is -2.53. The number of carboxylic acid groups (broad SMARTS) is 1. The summed E-state index contributed by atoms with van der Waals surface area (Å²) in [5, 5.41) is 22.0. The predicted octanol–water partition coefficient (Wildman–Crippen LogP) is 0.269. The standard InChI is InChI=1S/C18H24N4O4/c1-10(2)9-14(16(23)19-15(11(3)4)18(25)26)22-17(24)12-7-5-6-8-13(12)20-21-22/h5-8,10-11,14-15H,9H2,1-4H3,(H,19,23)(H,25,26)/p-1/t14-,15-/m0/s1. The highest BCUT2D eigenvalue weighted by molar-refractivity contribution is 5.85. The average molecular weight is 359 g/mol. The van der Waals surface area contributed by atoms with E-state index < -0.39 is 29.5 Å². The summed E-state index contributed by atoms with van der Waals surface area (Å²) in [6.45, 7) is 7.14. The van der Waals surface area contributed by atoms with E-state index in [0.717, 1.165) is 4.68 Å². The highest BCUT2D eigenvalue weighted by Crippen LogP contribution is 2.17. The maximum atomic E-state index is 12.8. The van der Waals surface area contributed by atoms with Crippen molar-refractivity contribution in [1.29, 1.82) is 0 Å². The Morgan fingerprint density at radius 1 is 1.19 bits per heavy atom. The number of aromatic nitrogens is 3. The number of rotatable bonds is 7. The number of hydrogen-bond acceptors (Lipinski definition) is 6. The monoisotopic (exact) mass is 359 g/mol. The SMILES string of the molecule is CC(C)C[C@@H](C(=O)N[C@H](C(=O)[O-])C(C)C)n1nnc2ccccc2c1=O. The minimum absolute atomic E-state index is 0.0753. The summed E-state index contributed by atoms with van der Waals surface area (Å²) in [6, 6.07) is 4.62. The second kappa shape index (κ2) is 8.07. The number of nitrogens with zero attached hydrogens (tertiary/aromatic N) is 3. The lowest BCUT2D eigenvalue weighted by Gasteiger charge is -2.27. The van der Waals surface area contributed by atoms with Gasteiger partial charge in [0.25, 0.3) is 5.56 Å². The fourth-order valence-corrected chi connectivity index (χ4v) is 2.72. The van der Waals surface area contributed by atoms with E-state index >= 15 is 0 Å². The number of aliphatic carboxylic acids is 1. The van der Waals surface area contributed by atoms with E-state index in [1.165, 1.54) is 0 Å². The molecule has 0 aliphatic rings. The van der Waals surface area contributed by atoms with Crippen molar-refractivity contribution < 1.29 is 14.7 Å². The molecule has 1 aromatic carbocycles. The Hall–Kier alpha value is -2.77. The van der Waals surface area contributed by atoms with Crippen LogP contribution in [0.1, 0.15) is 40.2 Å². The summed E-state index contributed by atoms with van der Waals surface area (Å²) >= 11 is 0. The minimum Gasteiger partial charge on any atom is -0.548 e. The van der Waals surface area contributed by atoms with Crippen molar-refractivity contribution in [3.63, 3.8) is 0 Å². The third kappa shape index (κ3) is 4.25. The van der Waals surface area contributed by atoms with E-state index in [-0.39, 0.29) is 11.8 Å². The normalized spacial score (nSPS) is 13.8. The Labute approximate surface area is 151 Å². The molecule has 1 heterocycles. The molecule has 2 aromatic rings. The molecule has 0 saturated heterocycles. The molecule has 2 rings (SSSR count). The second-order valence-corrected chi connectivity index (χ2v) is 7.05. The number of benzene rings is 1. The summed E-state index contributed by atoms with van der Waals surface area (Å²) in [7, 11) is 0. The van der Waals surface area contributed by atoms with Crippen LogP contribution in [0.5, 0.6) is 0 Å². The average Bonchev–Trinajstić information content (AvgIpc) is 2.57. The van der Waals surface area contributed by atoms with E-state index in [2.05, 4.69) is 15.6 Å². The first-order valence-electron chi connectivity index (χ1n) is 8.57. The van der Waals surface area contributed by atoms with Gasteiger partial charge in [0.1, 0.15) is 11.6 Å². The smallest absolute Gasteiger partial charge is 0.278 e. The van der Waals surface area contributed by atoms with Crippen LogP contribution < -0.4 is 16.0 Å². The van der Waals surface area contributed by atoms with Crippen LogP contribution in [0.15, 0.2) is 29.1 Å². The molecule has 8 heteroatoms. The highest BCUT2D eigenvalue weighted by Gasteiger charge is 2.28. The second-order valence-electron chi connectivity index (χ2n) is 7.05. The summed E-state index contributed by atoms with van der Waals surface area (Å²) < 4.78 is 1.03. The van der Waals surface area contributed by atoms with Gasteiger partial charge in [-0.3, -0.25) is 9.59 Å². The maximum absolute atomic E-state index is 12.8. The molecule has 0 radical (unpaired) electrons. The van der Waals surface area contributed by atoms with Gasteiger partial charge in [-0.05, 0) is 30.4 Å². The summed E-state index contributed by atoms with van der Waals surface area (Å²) in [4.78, 5) is 36.8. The lowest BCUT2D eigenvalue weighted by molar-refractivity contribution is -0.309. The molecular weight excluding hydrogens is 336 g/mol. The van der Waals surface area contributed by atoms with Crippen LogP contribution in [-0.4, -0.2) is 32.9 Å². The van der Waals surface area contributed by atoms with Crippen LogP contribution >= 0.6 is 0 Å². The number of carboxylic acids is 1. The maximum Gasteiger partial charge on any atom is 0.278 e. The van der Waals surface area contributed by atoms with Gasteiger partial charge in [-0.15, -0.1) is 5.10 Å². The molecule has 1 N–H and O–H groups in total. The van der Waals surface area contributed by atoms with E-state index in [0.29, 0.717) is 17.3 Å². The molecule has 1 amide bonds. The first-order chi connectivity index (χ1) is 12.2. The molecule has 8 nitrogen and oxygen atoms in total. The van der Waals surface area contributed by atoms with Gasteiger partial charge in [-0.25, -0.2) is 0 Å². The molecule has 0 spiro atoms. The molecular formula is C18H23N4O4-. The van der Waals surface area contributed by atoms with E-state index in [1.54, 1.807) is 38.1 Å². The van der Waals surface area contributed by atoms with Crippen LogP contribution in [0.25, 0.3) is 10.9 Å². The summed E-state index contributed by atoms with van der Waals surface area (Å²) in [5.74, 6) is -2.24. The predicted molar refractivity (Wildman–Crippen MR) is 94.1 cm³/mol. The Balaban J connectivity index is 2.44.